The van der Waals surface area contributed by atoms with Crippen LogP contribution in [0.2, 0.25) is 5.02 Å². The van der Waals surface area contributed by atoms with Gasteiger partial charge in [-0.2, -0.15) is 22.7 Å². The van der Waals surface area contributed by atoms with Crippen LogP contribution in [0.3, 0.4) is 0 Å². The number of piperazine rings is 1. The lowest BCUT2D eigenvalue weighted by molar-refractivity contribution is -0.137. The molecule has 0 bridgehead atoms. The fraction of sp³-hybridized carbons (Fsp3) is 0.441. The second-order valence-corrected chi connectivity index (χ2v) is 13.9. The van der Waals surface area contributed by atoms with E-state index in [1.165, 1.54) is 10.8 Å². The van der Waals surface area contributed by atoms with E-state index in [2.05, 4.69) is 20.4 Å². The number of halogens is 4. The molecule has 0 unspecified atom stereocenters. The molecule has 2 fully saturated rings. The average molecular weight is 740 g/mol. The number of nitrogens with zero attached hydrogens (tertiary/aromatic N) is 8. The van der Waals surface area contributed by atoms with Gasteiger partial charge >= 0.3 is 6.18 Å². The molecular weight excluding hydrogens is 707 g/mol. The van der Waals surface area contributed by atoms with Crippen LogP contribution in [0.15, 0.2) is 35.4 Å². The molecule has 4 aromatic rings. The molecule has 272 valence electrons. The topological polar surface area (TPSA) is 160 Å². The van der Waals surface area contributed by atoms with Gasteiger partial charge < -0.3 is 25.0 Å². The molecule has 0 spiro atoms. The van der Waals surface area contributed by atoms with Crippen LogP contribution in [-0.4, -0.2) is 89.3 Å². The molecule has 4 aliphatic rings. The van der Waals surface area contributed by atoms with Gasteiger partial charge in [-0.05, 0) is 56.4 Å². The van der Waals surface area contributed by atoms with Crippen molar-refractivity contribution >= 4 is 46.1 Å². The third-order valence-electron chi connectivity index (χ3n) is 10.5. The lowest BCUT2D eigenvalue weighted by atomic mass is 9.81. The summed E-state index contributed by atoms with van der Waals surface area (Å²) in [6, 6.07) is 1.28. The number of nitrogens with one attached hydrogen (secondary N) is 1. The van der Waals surface area contributed by atoms with Crippen LogP contribution in [0.25, 0.3) is 11.4 Å². The van der Waals surface area contributed by atoms with Gasteiger partial charge in [0.25, 0.3) is 11.5 Å². The fourth-order valence-corrected chi connectivity index (χ4v) is 7.98. The number of aromatic nitrogens is 6. The van der Waals surface area contributed by atoms with Crippen molar-refractivity contribution in [2.24, 2.45) is 0 Å². The Morgan fingerprint density at radius 1 is 1.13 bits per heavy atom. The number of fused-ring (bicyclic) bond motifs is 4. The first-order chi connectivity index (χ1) is 24.8. The Labute approximate surface area is 298 Å². The van der Waals surface area contributed by atoms with Crippen molar-refractivity contribution in [1.82, 2.24) is 34.0 Å². The highest BCUT2D eigenvalue weighted by molar-refractivity contribution is 6.33. The fourth-order valence-electron chi connectivity index (χ4n) is 7.76. The molecule has 3 aliphatic heterocycles. The normalized spacial score (nSPS) is 22.8. The van der Waals surface area contributed by atoms with Gasteiger partial charge in [0.2, 0.25) is 11.7 Å². The predicted molar refractivity (Wildman–Crippen MR) is 181 cm³/mol. The molecule has 6 heterocycles. The highest BCUT2D eigenvalue weighted by Crippen LogP contribution is 2.45. The number of carbonyl (C=O) groups is 2. The number of aryl methyl sites for hydroxylation is 1. The van der Waals surface area contributed by atoms with Gasteiger partial charge in [-0.15, -0.1) is 5.10 Å². The number of hydrogen-bond acceptors (Lipinski definition) is 10. The van der Waals surface area contributed by atoms with Gasteiger partial charge in [0.1, 0.15) is 18.1 Å². The first-order valence-corrected chi connectivity index (χ1v) is 17.3. The van der Waals surface area contributed by atoms with E-state index in [9.17, 15) is 32.7 Å². The quantitative estimate of drug-likeness (QED) is 0.301. The van der Waals surface area contributed by atoms with Gasteiger partial charge in [-0.3, -0.25) is 19.0 Å². The lowest BCUT2D eigenvalue weighted by Gasteiger charge is -2.54. The van der Waals surface area contributed by atoms with Crippen LogP contribution < -0.4 is 15.8 Å². The van der Waals surface area contributed by atoms with Crippen LogP contribution >= 0.6 is 11.6 Å². The van der Waals surface area contributed by atoms with Crippen LogP contribution in [0.5, 0.6) is 5.75 Å². The van der Waals surface area contributed by atoms with E-state index in [-0.39, 0.29) is 71.1 Å². The Kier molecular flexibility index (Phi) is 8.24. The maximum absolute atomic E-state index is 14.6. The number of rotatable bonds is 5. The Morgan fingerprint density at radius 2 is 1.92 bits per heavy atom. The lowest BCUT2D eigenvalue weighted by Crippen LogP contribution is -2.67. The highest BCUT2D eigenvalue weighted by atomic mass is 35.5. The number of alkyl halides is 3. The molecule has 18 heteroatoms. The summed E-state index contributed by atoms with van der Waals surface area (Å²) >= 11 is 6.21. The van der Waals surface area contributed by atoms with Crippen LogP contribution in [0.1, 0.15) is 77.8 Å². The van der Waals surface area contributed by atoms with E-state index in [0.29, 0.717) is 49.7 Å². The zero-order valence-electron chi connectivity index (χ0n) is 28.0. The molecule has 52 heavy (non-hydrogen) atoms. The number of carbonyl (C=O) groups excluding carboxylic acids is 2. The standard InChI is InChI=1S/C34H33ClF3N9O5/c1-16-13-24(30(49)41-21-4-3-19(14-20(21)35)34(36,37)38)46-26(16)27(32(51)47-33(46)42-29(43-47)18-7-11-52-12-8-18)44-9-10-45(23-6-5-22(23)44)31(50)25-28(48)17(2)39-15-40-25/h3-4,7,14-16,22-24,48H,5-6,8-13H2,1-2H3,(H,41,49)/t16-,22-,23-,24+/m0/s1. The molecule has 14 nitrogen and oxygen atoms in total. The van der Waals surface area contributed by atoms with Crippen LogP contribution in [0, 0.1) is 6.92 Å². The summed E-state index contributed by atoms with van der Waals surface area (Å²) in [5, 5.41) is 17.6. The van der Waals surface area contributed by atoms with Crippen LogP contribution in [0.4, 0.5) is 24.5 Å². The SMILES string of the molecule is Cc1ncnc(C(=O)N2CCN(c3c4n(c5nc(C6=CCOCC6)nn5c3=O)[C@@H](C(=O)Nc3ccc(C(F)(F)F)cc3Cl)C[C@@H]4C)[C@H]3CC[C@@H]32)c1O. The Bertz CT molecular complexity index is 2240. The number of amides is 2. The second kappa shape index (κ2) is 12.6. The van der Waals surface area contributed by atoms with E-state index < -0.39 is 35.2 Å². The van der Waals surface area contributed by atoms with E-state index in [1.54, 1.807) is 16.4 Å². The molecule has 4 atom stereocenters. The predicted octanol–water partition coefficient (Wildman–Crippen LogP) is 4.35. The van der Waals surface area contributed by atoms with Crippen molar-refractivity contribution in [2.75, 3.05) is 36.5 Å². The first-order valence-electron chi connectivity index (χ1n) is 16.9. The molecule has 1 saturated heterocycles. The minimum Gasteiger partial charge on any atom is -0.504 e. The molecule has 0 radical (unpaired) electrons. The van der Waals surface area contributed by atoms with Crippen molar-refractivity contribution in [3.63, 3.8) is 0 Å². The van der Waals surface area contributed by atoms with Crippen molar-refractivity contribution in [2.45, 2.75) is 69.8 Å². The first kappa shape index (κ1) is 34.1. The van der Waals surface area contributed by atoms with E-state index >= 15 is 0 Å². The van der Waals surface area contributed by atoms with Gasteiger partial charge in [-0.1, -0.05) is 24.6 Å². The van der Waals surface area contributed by atoms with Crippen molar-refractivity contribution in [3.8, 4) is 5.75 Å². The average Bonchev–Trinajstić information content (AvgIpc) is 3.69. The molecular formula is C34H33ClF3N9O5. The third-order valence-corrected chi connectivity index (χ3v) is 10.8. The van der Waals surface area contributed by atoms with Crippen molar-refractivity contribution < 1.29 is 32.6 Å². The number of hydrogen-bond donors (Lipinski definition) is 2. The number of aromatic hydroxyl groups is 1. The maximum atomic E-state index is 14.6. The molecule has 3 aromatic heterocycles. The number of ether oxygens (including phenoxy) is 1. The number of anilines is 2. The zero-order chi connectivity index (χ0) is 36.6. The molecule has 2 amide bonds. The van der Waals surface area contributed by atoms with Crippen molar-refractivity contribution in [3.05, 3.63) is 74.4 Å². The van der Waals surface area contributed by atoms with E-state index in [1.807, 2.05) is 17.9 Å². The molecule has 1 aliphatic carbocycles. The highest BCUT2D eigenvalue weighted by Gasteiger charge is 2.49. The van der Waals surface area contributed by atoms with Gasteiger partial charge in [-0.25, -0.2) is 9.97 Å². The third kappa shape index (κ3) is 5.48. The van der Waals surface area contributed by atoms with Gasteiger partial charge in [0.15, 0.2) is 17.3 Å². The zero-order valence-corrected chi connectivity index (χ0v) is 28.8. The van der Waals surface area contributed by atoms with E-state index in [0.717, 1.165) is 23.8 Å². The summed E-state index contributed by atoms with van der Waals surface area (Å²) in [5.41, 5.74) is 0.573. The molecule has 2 N–H and O–H groups in total. The van der Waals surface area contributed by atoms with Gasteiger partial charge in [0, 0.05) is 25.0 Å². The second-order valence-electron chi connectivity index (χ2n) is 13.5. The molecule has 8 rings (SSSR count). The van der Waals surface area contributed by atoms with Gasteiger partial charge in [0.05, 0.1) is 46.9 Å². The van der Waals surface area contributed by atoms with E-state index in [4.69, 9.17) is 21.3 Å². The Hall–Kier alpha value is -5.03. The molecule has 1 saturated carbocycles. The largest absolute Gasteiger partial charge is 0.504 e. The number of benzene rings is 1. The summed E-state index contributed by atoms with van der Waals surface area (Å²) in [6.45, 7) is 4.82. The summed E-state index contributed by atoms with van der Waals surface area (Å²) in [5.74, 6) is -1.09. The Balaban J connectivity index is 1.20. The Morgan fingerprint density at radius 3 is 2.62 bits per heavy atom. The molecule has 1 aromatic carbocycles. The summed E-state index contributed by atoms with van der Waals surface area (Å²) < 4.78 is 48.3. The summed E-state index contributed by atoms with van der Waals surface area (Å²) in [6.07, 6.45) is 0.604. The maximum Gasteiger partial charge on any atom is 0.416 e. The smallest absolute Gasteiger partial charge is 0.416 e. The monoisotopic (exact) mass is 739 g/mol. The minimum absolute atomic E-state index is 0.00981. The summed E-state index contributed by atoms with van der Waals surface area (Å²) in [7, 11) is 0. The van der Waals surface area contributed by atoms with Crippen molar-refractivity contribution in [1.29, 1.82) is 0 Å². The minimum atomic E-state index is -4.61. The summed E-state index contributed by atoms with van der Waals surface area (Å²) in [4.78, 5) is 58.7. The van der Waals surface area contributed by atoms with Crippen LogP contribution in [-0.2, 0) is 15.7 Å².